The molecule has 0 bridgehead atoms. The Balaban J connectivity index is 2.01. The lowest BCUT2D eigenvalue weighted by molar-refractivity contribution is -0.115. The summed E-state index contributed by atoms with van der Waals surface area (Å²) in [6.07, 6.45) is 0.318. The van der Waals surface area contributed by atoms with Gasteiger partial charge in [0.15, 0.2) is 0 Å². The third-order valence-corrected chi connectivity index (χ3v) is 3.06. The van der Waals surface area contributed by atoms with Crippen LogP contribution in [0.2, 0.25) is 0 Å². The number of aryl methyl sites for hydroxylation is 2. The zero-order valence-corrected chi connectivity index (χ0v) is 11.0. The van der Waals surface area contributed by atoms with Crippen LogP contribution >= 0.6 is 0 Å². The molecule has 2 aromatic carbocycles. The quantitative estimate of drug-likeness (QED) is 0.894. The van der Waals surface area contributed by atoms with Gasteiger partial charge in [0.1, 0.15) is 5.82 Å². The normalized spacial score (nSPS) is 10.3. The average molecular weight is 257 g/mol. The Morgan fingerprint density at radius 1 is 1.05 bits per heavy atom. The number of amides is 1. The molecule has 0 radical (unpaired) electrons. The second-order valence-corrected chi connectivity index (χ2v) is 4.65. The summed E-state index contributed by atoms with van der Waals surface area (Å²) >= 11 is 0. The number of carbonyl (C=O) groups is 1. The van der Waals surface area contributed by atoms with Crippen LogP contribution in [-0.2, 0) is 11.2 Å². The lowest BCUT2D eigenvalue weighted by Crippen LogP contribution is -2.14. The number of halogens is 1. The Kier molecular flexibility index (Phi) is 3.95. The minimum Gasteiger partial charge on any atom is -0.326 e. The van der Waals surface area contributed by atoms with E-state index < -0.39 is 0 Å². The maximum Gasteiger partial charge on any atom is 0.228 e. The Labute approximate surface area is 112 Å². The fraction of sp³-hybridized carbons (Fsp3) is 0.188. The van der Waals surface area contributed by atoms with Gasteiger partial charge in [-0.05, 0) is 54.8 Å². The predicted molar refractivity (Wildman–Crippen MR) is 74.6 cm³/mol. The lowest BCUT2D eigenvalue weighted by atomic mass is 10.0. The molecule has 0 aliphatic rings. The van der Waals surface area contributed by atoms with Crippen LogP contribution in [0, 0.1) is 19.7 Å². The van der Waals surface area contributed by atoms with Crippen LogP contribution in [0.3, 0.4) is 0 Å². The van der Waals surface area contributed by atoms with Gasteiger partial charge in [-0.15, -0.1) is 0 Å². The van der Waals surface area contributed by atoms with E-state index in [9.17, 15) is 9.18 Å². The van der Waals surface area contributed by atoms with E-state index in [1.807, 2.05) is 32.0 Å². The summed E-state index contributed by atoms with van der Waals surface area (Å²) in [4.78, 5) is 11.9. The van der Waals surface area contributed by atoms with Gasteiger partial charge < -0.3 is 5.32 Å². The molecule has 2 nitrogen and oxygen atoms in total. The predicted octanol–water partition coefficient (Wildman–Crippen LogP) is 3.62. The van der Waals surface area contributed by atoms with Crippen molar-refractivity contribution in [3.05, 3.63) is 65.0 Å². The molecule has 2 aromatic rings. The minimum absolute atomic E-state index is 0.102. The highest BCUT2D eigenvalue weighted by atomic mass is 19.1. The van der Waals surface area contributed by atoms with Crippen molar-refractivity contribution >= 4 is 11.6 Å². The molecular weight excluding hydrogens is 241 g/mol. The molecule has 2 rings (SSSR count). The first-order valence-corrected chi connectivity index (χ1v) is 6.16. The van der Waals surface area contributed by atoms with E-state index in [1.54, 1.807) is 12.1 Å². The van der Waals surface area contributed by atoms with Crippen LogP contribution in [0.4, 0.5) is 10.1 Å². The first-order valence-electron chi connectivity index (χ1n) is 6.16. The van der Waals surface area contributed by atoms with Gasteiger partial charge in [0.25, 0.3) is 0 Å². The maximum absolute atomic E-state index is 12.7. The zero-order chi connectivity index (χ0) is 13.8. The van der Waals surface area contributed by atoms with Crippen LogP contribution in [0.25, 0.3) is 0 Å². The molecule has 0 heterocycles. The van der Waals surface area contributed by atoms with Crippen molar-refractivity contribution in [1.29, 1.82) is 0 Å². The van der Waals surface area contributed by atoms with Crippen molar-refractivity contribution in [2.75, 3.05) is 5.32 Å². The van der Waals surface area contributed by atoms with Gasteiger partial charge in [-0.2, -0.15) is 0 Å². The molecule has 0 aliphatic heterocycles. The third kappa shape index (κ3) is 3.65. The zero-order valence-electron chi connectivity index (χ0n) is 11.0. The van der Waals surface area contributed by atoms with Crippen molar-refractivity contribution < 1.29 is 9.18 Å². The Hall–Kier alpha value is -2.16. The SMILES string of the molecule is Cc1ccc(CC(=O)Nc2ccc(F)cc2)cc1C. The molecule has 0 saturated heterocycles. The average Bonchev–Trinajstić information content (AvgIpc) is 2.37. The molecule has 0 spiro atoms. The molecule has 0 atom stereocenters. The van der Waals surface area contributed by atoms with Gasteiger partial charge >= 0.3 is 0 Å². The fourth-order valence-corrected chi connectivity index (χ4v) is 1.84. The maximum atomic E-state index is 12.7. The second kappa shape index (κ2) is 5.65. The van der Waals surface area contributed by atoms with Crippen LogP contribution in [0.5, 0.6) is 0 Å². The Morgan fingerprint density at radius 3 is 2.37 bits per heavy atom. The Morgan fingerprint density at radius 2 is 1.74 bits per heavy atom. The summed E-state index contributed by atoms with van der Waals surface area (Å²) in [6, 6.07) is 11.7. The van der Waals surface area contributed by atoms with Crippen molar-refractivity contribution in [3.8, 4) is 0 Å². The van der Waals surface area contributed by atoms with Crippen LogP contribution in [0.15, 0.2) is 42.5 Å². The second-order valence-electron chi connectivity index (χ2n) is 4.65. The fourth-order valence-electron chi connectivity index (χ4n) is 1.84. The van der Waals surface area contributed by atoms with Crippen molar-refractivity contribution in [1.82, 2.24) is 0 Å². The molecule has 0 fully saturated rings. The van der Waals surface area contributed by atoms with Gasteiger partial charge in [0, 0.05) is 5.69 Å². The van der Waals surface area contributed by atoms with Gasteiger partial charge in [0.2, 0.25) is 5.91 Å². The highest BCUT2D eigenvalue weighted by molar-refractivity contribution is 5.92. The largest absolute Gasteiger partial charge is 0.326 e. The lowest BCUT2D eigenvalue weighted by Gasteiger charge is -2.07. The molecule has 19 heavy (non-hydrogen) atoms. The first-order chi connectivity index (χ1) is 9.04. The molecule has 1 amide bonds. The standard InChI is InChI=1S/C16H16FNO/c1-11-3-4-13(9-12(11)2)10-16(19)18-15-7-5-14(17)6-8-15/h3-9H,10H2,1-2H3,(H,18,19). The van der Waals surface area contributed by atoms with Crippen LogP contribution in [0.1, 0.15) is 16.7 Å². The number of nitrogens with one attached hydrogen (secondary N) is 1. The molecule has 0 aliphatic carbocycles. The summed E-state index contributed by atoms with van der Waals surface area (Å²) in [5.41, 5.74) is 3.97. The van der Waals surface area contributed by atoms with E-state index in [0.29, 0.717) is 12.1 Å². The number of hydrogen-bond acceptors (Lipinski definition) is 1. The van der Waals surface area contributed by atoms with Crippen molar-refractivity contribution in [2.24, 2.45) is 0 Å². The van der Waals surface area contributed by atoms with E-state index in [1.165, 1.54) is 23.3 Å². The van der Waals surface area contributed by atoms with Gasteiger partial charge in [-0.1, -0.05) is 18.2 Å². The van der Waals surface area contributed by atoms with E-state index in [0.717, 1.165) is 5.56 Å². The molecule has 0 unspecified atom stereocenters. The van der Waals surface area contributed by atoms with E-state index in [4.69, 9.17) is 0 Å². The third-order valence-electron chi connectivity index (χ3n) is 3.06. The molecule has 1 N–H and O–H groups in total. The number of hydrogen-bond donors (Lipinski definition) is 1. The Bertz CT molecular complexity index is 590. The number of benzene rings is 2. The molecule has 3 heteroatoms. The number of carbonyl (C=O) groups excluding carboxylic acids is 1. The molecule has 0 saturated carbocycles. The van der Waals surface area contributed by atoms with Gasteiger partial charge in [-0.3, -0.25) is 4.79 Å². The van der Waals surface area contributed by atoms with Crippen molar-refractivity contribution in [3.63, 3.8) is 0 Å². The van der Waals surface area contributed by atoms with E-state index >= 15 is 0 Å². The first kappa shape index (κ1) is 13.3. The summed E-state index contributed by atoms with van der Waals surface area (Å²) in [6.45, 7) is 4.06. The number of rotatable bonds is 3. The molecular formula is C16H16FNO. The van der Waals surface area contributed by atoms with Crippen molar-refractivity contribution in [2.45, 2.75) is 20.3 Å². The monoisotopic (exact) mass is 257 g/mol. The summed E-state index contributed by atoms with van der Waals surface area (Å²) < 4.78 is 12.7. The van der Waals surface area contributed by atoms with E-state index in [-0.39, 0.29) is 11.7 Å². The van der Waals surface area contributed by atoms with Gasteiger partial charge in [-0.25, -0.2) is 4.39 Å². The molecule has 98 valence electrons. The topological polar surface area (TPSA) is 29.1 Å². The summed E-state index contributed by atoms with van der Waals surface area (Å²) in [5.74, 6) is -0.415. The smallest absolute Gasteiger partial charge is 0.228 e. The molecule has 0 aromatic heterocycles. The van der Waals surface area contributed by atoms with E-state index in [2.05, 4.69) is 5.32 Å². The summed E-state index contributed by atoms with van der Waals surface area (Å²) in [5, 5.41) is 2.75. The van der Waals surface area contributed by atoms with Crippen LogP contribution in [-0.4, -0.2) is 5.91 Å². The highest BCUT2D eigenvalue weighted by Crippen LogP contribution is 2.12. The summed E-state index contributed by atoms with van der Waals surface area (Å²) in [7, 11) is 0. The minimum atomic E-state index is -0.313. The van der Waals surface area contributed by atoms with Gasteiger partial charge in [0.05, 0.1) is 6.42 Å². The van der Waals surface area contributed by atoms with Crippen LogP contribution < -0.4 is 5.32 Å². The number of anilines is 1. The highest BCUT2D eigenvalue weighted by Gasteiger charge is 2.05.